The fourth-order valence-corrected chi connectivity index (χ4v) is 1.10. The smallest absolute Gasteiger partial charge is 0.166 e. The van der Waals surface area contributed by atoms with E-state index in [1.54, 1.807) is 0 Å². The first kappa shape index (κ1) is 8.10. The van der Waals surface area contributed by atoms with Gasteiger partial charge >= 0.3 is 0 Å². The molecule has 0 aliphatic carbocycles. The quantitative estimate of drug-likeness (QED) is 0.264. The van der Waals surface area contributed by atoms with Crippen LogP contribution in [0.15, 0.2) is 5.11 Å². The normalized spacial score (nSPS) is 29.7. The lowest BCUT2D eigenvalue weighted by atomic mass is 10.1. The molecule has 1 rings (SSSR count). The first-order valence-corrected chi connectivity index (χ1v) is 3.73. The van der Waals surface area contributed by atoms with Crippen molar-refractivity contribution in [3.8, 4) is 0 Å². The Morgan fingerprint density at radius 2 is 2.55 bits per heavy atom. The van der Waals surface area contributed by atoms with Crippen molar-refractivity contribution in [1.29, 1.82) is 0 Å². The zero-order chi connectivity index (χ0) is 8.27. The van der Waals surface area contributed by atoms with Crippen molar-refractivity contribution in [2.45, 2.75) is 13.1 Å². The second kappa shape index (κ2) is 3.41. The van der Waals surface area contributed by atoms with Crippen molar-refractivity contribution in [2.24, 2.45) is 11.0 Å². The number of hydrogen-bond acceptors (Lipinski definition) is 2. The highest BCUT2D eigenvalue weighted by atomic mass is 32.1. The van der Waals surface area contributed by atoms with E-state index in [-0.39, 0.29) is 12.1 Å². The van der Waals surface area contributed by atoms with Gasteiger partial charge in [-0.3, -0.25) is 0 Å². The Bertz CT molecular complexity index is 209. The highest BCUT2D eigenvalue weighted by Gasteiger charge is 2.20. The number of nitrogens with zero attached hydrogens (tertiary/aromatic N) is 3. The van der Waals surface area contributed by atoms with Gasteiger partial charge in [-0.25, -0.2) is 0 Å². The topological polar surface area (TPSA) is 72.8 Å². The third-order valence-corrected chi connectivity index (χ3v) is 1.84. The Kier molecular flexibility index (Phi) is 2.51. The number of hydrogen-bond donors (Lipinski definition) is 2. The second-order valence-electron chi connectivity index (χ2n) is 2.48. The van der Waals surface area contributed by atoms with Gasteiger partial charge < -0.3 is 10.6 Å². The Balaban J connectivity index is 2.60. The largest absolute Gasteiger partial charge is 0.362 e. The number of rotatable bonds is 1. The predicted octanol–water partition coefficient (Wildman–Crippen LogP) is 0.737. The van der Waals surface area contributed by atoms with E-state index < -0.39 is 0 Å². The van der Waals surface area contributed by atoms with Gasteiger partial charge in [0.1, 0.15) is 6.17 Å². The Hall–Kier alpha value is -1.00. The summed E-state index contributed by atoms with van der Waals surface area (Å²) in [5, 5.41) is 9.94. The zero-order valence-electron chi connectivity index (χ0n) is 6.11. The third-order valence-electron chi connectivity index (χ3n) is 1.58. The predicted molar refractivity (Wildman–Crippen MR) is 45.8 cm³/mol. The molecule has 0 aromatic heterocycles. The van der Waals surface area contributed by atoms with Crippen molar-refractivity contribution in [1.82, 2.24) is 10.6 Å². The molecule has 0 aromatic carbocycles. The lowest BCUT2D eigenvalue weighted by Crippen LogP contribution is -2.52. The summed E-state index contributed by atoms with van der Waals surface area (Å²) in [7, 11) is 0. The molecule has 2 atom stereocenters. The standard InChI is InChI=1S/C5H9N5S/c1-3-2-7-5(11)8-4(3)9-10-6/h3-4H,2H2,1H3,(H2,7,8,11)/t3-,4-/m0/s1. The monoisotopic (exact) mass is 171 g/mol. The van der Waals surface area contributed by atoms with Gasteiger partial charge in [0.25, 0.3) is 0 Å². The van der Waals surface area contributed by atoms with Crippen LogP contribution in [0.3, 0.4) is 0 Å². The molecular weight excluding hydrogens is 162 g/mol. The van der Waals surface area contributed by atoms with E-state index in [1.807, 2.05) is 6.92 Å². The maximum Gasteiger partial charge on any atom is 0.166 e. The molecule has 11 heavy (non-hydrogen) atoms. The molecule has 6 heteroatoms. The van der Waals surface area contributed by atoms with E-state index in [1.165, 1.54) is 0 Å². The highest BCUT2D eigenvalue weighted by Crippen LogP contribution is 2.06. The van der Waals surface area contributed by atoms with Gasteiger partial charge in [0.2, 0.25) is 0 Å². The number of thiocarbonyl (C=S) groups is 1. The summed E-state index contributed by atoms with van der Waals surface area (Å²) in [5.41, 5.74) is 8.18. The van der Waals surface area contributed by atoms with E-state index in [9.17, 15) is 0 Å². The van der Waals surface area contributed by atoms with Crippen LogP contribution in [-0.2, 0) is 0 Å². The molecule has 60 valence electrons. The van der Waals surface area contributed by atoms with Crippen LogP contribution >= 0.6 is 12.2 Å². The number of azide groups is 1. The average Bonchev–Trinajstić information content (AvgIpc) is 1.98. The molecule has 0 radical (unpaired) electrons. The number of nitrogens with one attached hydrogen (secondary N) is 2. The molecule has 2 N–H and O–H groups in total. The molecule has 0 amide bonds. The van der Waals surface area contributed by atoms with Gasteiger partial charge in [0, 0.05) is 11.5 Å². The summed E-state index contributed by atoms with van der Waals surface area (Å²) in [6.45, 7) is 2.75. The van der Waals surface area contributed by atoms with Gasteiger partial charge in [0.05, 0.1) is 0 Å². The van der Waals surface area contributed by atoms with Crippen LogP contribution in [0.5, 0.6) is 0 Å². The molecule has 5 nitrogen and oxygen atoms in total. The molecule has 1 heterocycles. The fraction of sp³-hybridized carbons (Fsp3) is 0.800. The van der Waals surface area contributed by atoms with Crippen molar-refractivity contribution >= 4 is 17.3 Å². The minimum absolute atomic E-state index is 0.200. The molecule has 0 bridgehead atoms. The van der Waals surface area contributed by atoms with Gasteiger partial charge in [-0.15, -0.1) is 0 Å². The summed E-state index contributed by atoms with van der Waals surface area (Å²) in [4.78, 5) is 2.72. The molecule has 1 fully saturated rings. The molecule has 1 aliphatic heterocycles. The first-order valence-electron chi connectivity index (χ1n) is 3.32. The van der Waals surface area contributed by atoms with E-state index in [2.05, 4.69) is 20.7 Å². The van der Waals surface area contributed by atoms with Crippen molar-refractivity contribution in [2.75, 3.05) is 6.54 Å². The first-order chi connectivity index (χ1) is 5.24. The molecule has 0 aromatic rings. The van der Waals surface area contributed by atoms with E-state index >= 15 is 0 Å². The van der Waals surface area contributed by atoms with Crippen molar-refractivity contribution in [3.05, 3.63) is 10.4 Å². The maximum absolute atomic E-state index is 8.18. The average molecular weight is 171 g/mol. The molecule has 1 aliphatic rings. The summed E-state index contributed by atoms with van der Waals surface area (Å²) in [6.07, 6.45) is -0.200. The van der Waals surface area contributed by atoms with Crippen LogP contribution in [0, 0.1) is 5.92 Å². The Morgan fingerprint density at radius 1 is 1.82 bits per heavy atom. The van der Waals surface area contributed by atoms with Crippen LogP contribution in [0.1, 0.15) is 6.92 Å². The Morgan fingerprint density at radius 3 is 3.18 bits per heavy atom. The van der Waals surface area contributed by atoms with Crippen LogP contribution in [0.2, 0.25) is 0 Å². The molecular formula is C5H9N5S. The van der Waals surface area contributed by atoms with Gasteiger partial charge in [-0.1, -0.05) is 12.0 Å². The summed E-state index contributed by atoms with van der Waals surface area (Å²) >= 11 is 4.84. The SMILES string of the molecule is C[C@H]1CNC(=S)N[C@H]1N=[N+]=[N-]. The summed E-state index contributed by atoms with van der Waals surface area (Å²) < 4.78 is 0. The molecule has 0 saturated carbocycles. The maximum atomic E-state index is 8.18. The van der Waals surface area contributed by atoms with E-state index in [0.717, 1.165) is 6.54 Å². The fourth-order valence-electron chi connectivity index (χ4n) is 0.891. The van der Waals surface area contributed by atoms with Gasteiger partial charge in [0.15, 0.2) is 5.11 Å². The lowest BCUT2D eigenvalue weighted by Gasteiger charge is -2.28. The molecule has 1 saturated heterocycles. The van der Waals surface area contributed by atoms with Crippen LogP contribution in [0.25, 0.3) is 10.4 Å². The van der Waals surface area contributed by atoms with Crippen molar-refractivity contribution < 1.29 is 0 Å². The van der Waals surface area contributed by atoms with Crippen molar-refractivity contribution in [3.63, 3.8) is 0 Å². The highest BCUT2D eigenvalue weighted by molar-refractivity contribution is 7.80. The minimum Gasteiger partial charge on any atom is -0.362 e. The van der Waals surface area contributed by atoms with Crippen LogP contribution in [0.4, 0.5) is 0 Å². The Labute approximate surface area is 69.8 Å². The van der Waals surface area contributed by atoms with E-state index in [0.29, 0.717) is 5.11 Å². The van der Waals surface area contributed by atoms with Gasteiger partial charge in [-0.2, -0.15) is 0 Å². The van der Waals surface area contributed by atoms with Crippen LogP contribution in [-0.4, -0.2) is 17.8 Å². The zero-order valence-corrected chi connectivity index (χ0v) is 6.93. The van der Waals surface area contributed by atoms with Gasteiger partial charge in [-0.05, 0) is 23.7 Å². The minimum atomic E-state index is -0.200. The molecule has 0 unspecified atom stereocenters. The molecule has 0 spiro atoms. The third kappa shape index (κ3) is 1.96. The summed E-state index contributed by atoms with van der Waals surface area (Å²) in [6, 6.07) is 0. The van der Waals surface area contributed by atoms with Crippen LogP contribution < -0.4 is 10.6 Å². The summed E-state index contributed by atoms with van der Waals surface area (Å²) in [5.74, 6) is 0.276. The second-order valence-corrected chi connectivity index (χ2v) is 2.89. The van der Waals surface area contributed by atoms with E-state index in [4.69, 9.17) is 17.7 Å². The lowest BCUT2D eigenvalue weighted by molar-refractivity contribution is 0.396.